The van der Waals surface area contributed by atoms with Crippen molar-refractivity contribution in [3.8, 4) is 0 Å². The molecule has 7 nitrogen and oxygen atoms in total. The molecule has 2 aromatic carbocycles. The summed E-state index contributed by atoms with van der Waals surface area (Å²) in [6, 6.07) is 10.6. The van der Waals surface area contributed by atoms with Gasteiger partial charge in [-0.05, 0) is 48.7 Å². The van der Waals surface area contributed by atoms with Gasteiger partial charge in [0.05, 0.1) is 34.7 Å². The number of aryl methyl sites for hydroxylation is 1. The van der Waals surface area contributed by atoms with Crippen LogP contribution in [0.25, 0.3) is 0 Å². The van der Waals surface area contributed by atoms with E-state index in [2.05, 4.69) is 15.7 Å². The van der Waals surface area contributed by atoms with E-state index in [1.54, 1.807) is 40.0 Å². The largest absolute Gasteiger partial charge is 0.352 e. The van der Waals surface area contributed by atoms with Crippen LogP contribution in [0.1, 0.15) is 34.3 Å². The second kappa shape index (κ2) is 8.15. The van der Waals surface area contributed by atoms with E-state index >= 15 is 0 Å². The number of rotatable bonds is 4. The molecule has 1 aromatic heterocycles. The van der Waals surface area contributed by atoms with Gasteiger partial charge in [-0.25, -0.2) is 0 Å². The molecule has 9 heteroatoms. The molecule has 2 aliphatic rings. The van der Waals surface area contributed by atoms with Crippen molar-refractivity contribution in [2.24, 2.45) is 13.0 Å². The summed E-state index contributed by atoms with van der Waals surface area (Å²) in [4.78, 5) is 27.2. The summed E-state index contributed by atoms with van der Waals surface area (Å²) in [5.74, 6) is 0.789. The number of nitrogens with zero attached hydrogens (tertiary/aromatic N) is 3. The van der Waals surface area contributed by atoms with Gasteiger partial charge >= 0.3 is 0 Å². The summed E-state index contributed by atoms with van der Waals surface area (Å²) in [6.07, 6.45) is 3.65. The molecule has 0 saturated heterocycles. The molecule has 1 aliphatic carbocycles. The third-order valence-corrected chi connectivity index (χ3v) is 6.32. The number of fused-ring (bicyclic) bond motifs is 2. The average molecular weight is 470 g/mol. The average Bonchev–Trinajstić information content (AvgIpc) is 3.58. The lowest BCUT2D eigenvalue weighted by molar-refractivity contribution is -0.122. The molecular formula is C23H21Cl2N5O2. The third-order valence-electron chi connectivity index (χ3n) is 5.77. The highest BCUT2D eigenvalue weighted by Crippen LogP contribution is 2.38. The lowest BCUT2D eigenvalue weighted by atomic mass is 10.1. The first-order valence-electron chi connectivity index (χ1n) is 10.4. The molecule has 5 rings (SSSR count). The van der Waals surface area contributed by atoms with E-state index in [0.29, 0.717) is 40.1 Å². The molecule has 2 N–H and O–H groups in total. The summed E-state index contributed by atoms with van der Waals surface area (Å²) >= 11 is 12.7. The monoisotopic (exact) mass is 469 g/mol. The molecule has 32 heavy (non-hydrogen) atoms. The zero-order valence-electron chi connectivity index (χ0n) is 17.4. The number of halogens is 2. The molecular weight excluding hydrogens is 449 g/mol. The van der Waals surface area contributed by atoms with Gasteiger partial charge in [0.15, 0.2) is 0 Å². The van der Waals surface area contributed by atoms with Crippen LogP contribution in [0, 0.1) is 5.92 Å². The molecule has 1 aliphatic heterocycles. The highest BCUT2D eigenvalue weighted by Gasteiger charge is 2.30. The predicted molar refractivity (Wildman–Crippen MR) is 124 cm³/mol. The number of hydrogen-bond donors (Lipinski definition) is 2. The normalized spacial score (nSPS) is 14.8. The van der Waals surface area contributed by atoms with Gasteiger partial charge in [-0.3, -0.25) is 14.3 Å². The van der Waals surface area contributed by atoms with Crippen LogP contribution in [-0.2, 0) is 24.9 Å². The predicted octanol–water partition coefficient (Wildman–Crippen LogP) is 4.66. The molecule has 0 spiro atoms. The molecule has 0 bridgehead atoms. The van der Waals surface area contributed by atoms with Crippen LogP contribution in [-0.4, -0.2) is 21.6 Å². The zero-order valence-corrected chi connectivity index (χ0v) is 18.9. The fourth-order valence-corrected chi connectivity index (χ4v) is 4.29. The summed E-state index contributed by atoms with van der Waals surface area (Å²) in [5, 5.41) is 11.5. The quantitative estimate of drug-likeness (QED) is 0.582. The van der Waals surface area contributed by atoms with Crippen molar-refractivity contribution < 1.29 is 9.59 Å². The lowest BCUT2D eigenvalue weighted by Gasteiger charge is -2.23. The van der Waals surface area contributed by atoms with Crippen molar-refractivity contribution in [1.29, 1.82) is 0 Å². The summed E-state index contributed by atoms with van der Waals surface area (Å²) in [5.41, 5.74) is 3.52. The molecule has 1 saturated carbocycles. The number of carbonyl (C=O) groups is 2. The Morgan fingerprint density at radius 1 is 1.19 bits per heavy atom. The second-order valence-electron chi connectivity index (χ2n) is 8.13. The van der Waals surface area contributed by atoms with E-state index in [1.165, 1.54) is 0 Å². The smallest absolute Gasteiger partial charge is 0.260 e. The van der Waals surface area contributed by atoms with Gasteiger partial charge in [0.25, 0.3) is 5.91 Å². The number of aromatic nitrogens is 2. The molecule has 0 atom stereocenters. The number of carbonyl (C=O) groups excluding carboxylic acids is 2. The van der Waals surface area contributed by atoms with E-state index in [4.69, 9.17) is 23.2 Å². The Bertz CT molecular complexity index is 1240. The molecule has 1 fully saturated rings. The molecule has 2 heterocycles. The molecule has 0 radical (unpaired) electrons. The van der Waals surface area contributed by atoms with Gasteiger partial charge in [-0.1, -0.05) is 29.3 Å². The highest BCUT2D eigenvalue weighted by atomic mass is 35.5. The lowest BCUT2D eigenvalue weighted by Crippen LogP contribution is -2.30. The van der Waals surface area contributed by atoms with E-state index in [9.17, 15) is 9.59 Å². The minimum atomic E-state index is -0.231. The van der Waals surface area contributed by atoms with Crippen molar-refractivity contribution in [2.45, 2.75) is 25.9 Å². The molecule has 0 unspecified atom stereocenters. The van der Waals surface area contributed by atoms with Crippen LogP contribution in [0.5, 0.6) is 0 Å². The highest BCUT2D eigenvalue weighted by molar-refractivity contribution is 6.35. The van der Waals surface area contributed by atoms with Crippen molar-refractivity contribution in [1.82, 2.24) is 15.1 Å². The van der Waals surface area contributed by atoms with Crippen LogP contribution in [0.2, 0.25) is 10.0 Å². The van der Waals surface area contributed by atoms with Crippen molar-refractivity contribution in [2.75, 3.05) is 10.2 Å². The van der Waals surface area contributed by atoms with Crippen LogP contribution in [0.15, 0.2) is 42.6 Å². The maximum atomic E-state index is 13.6. The number of hydrogen-bond acceptors (Lipinski definition) is 4. The number of amides is 2. The standard InChI is InChI=1S/C23H21Cl2N5O2/c1-29-21-15(11-27-29)12-30(20-7-5-16(24)9-19(20)28-21)23(32)17-6-2-13(8-18(17)25)10-26-22(31)14-3-4-14/h2,5-9,11,14,28H,3-4,10,12H2,1H3,(H,26,31). The third kappa shape index (κ3) is 3.94. The van der Waals surface area contributed by atoms with Gasteiger partial charge in [0.2, 0.25) is 5.91 Å². The Kier molecular flexibility index (Phi) is 5.31. The minimum Gasteiger partial charge on any atom is -0.352 e. The molecule has 164 valence electrons. The van der Waals surface area contributed by atoms with E-state index in [0.717, 1.165) is 29.8 Å². The van der Waals surface area contributed by atoms with E-state index < -0.39 is 0 Å². The Hall–Kier alpha value is -3.03. The topological polar surface area (TPSA) is 79.3 Å². The zero-order chi connectivity index (χ0) is 22.4. The van der Waals surface area contributed by atoms with Gasteiger partial charge in [0.1, 0.15) is 5.82 Å². The van der Waals surface area contributed by atoms with Gasteiger partial charge in [-0.2, -0.15) is 5.10 Å². The summed E-state index contributed by atoms with van der Waals surface area (Å²) in [6.45, 7) is 0.719. The van der Waals surface area contributed by atoms with Crippen molar-refractivity contribution in [3.63, 3.8) is 0 Å². The minimum absolute atomic E-state index is 0.0703. The van der Waals surface area contributed by atoms with Gasteiger partial charge < -0.3 is 15.5 Å². The van der Waals surface area contributed by atoms with Crippen LogP contribution in [0.3, 0.4) is 0 Å². The first-order valence-corrected chi connectivity index (χ1v) is 11.1. The maximum absolute atomic E-state index is 13.6. The number of anilines is 3. The Morgan fingerprint density at radius 2 is 2.00 bits per heavy atom. The Labute approximate surface area is 195 Å². The fraction of sp³-hybridized carbons (Fsp3) is 0.261. The number of benzene rings is 2. The summed E-state index contributed by atoms with van der Waals surface area (Å²) in [7, 11) is 1.84. The SMILES string of the molecule is Cn1ncc2c1Nc1cc(Cl)ccc1N(C(=O)c1ccc(CNC(=O)C3CC3)cc1Cl)C2. The molecule has 2 amide bonds. The molecule has 3 aromatic rings. The van der Waals surface area contributed by atoms with Crippen molar-refractivity contribution in [3.05, 3.63) is 69.3 Å². The number of nitrogens with one attached hydrogen (secondary N) is 2. The Balaban J connectivity index is 1.44. The first-order chi connectivity index (χ1) is 15.4. The van der Waals surface area contributed by atoms with Crippen LogP contribution >= 0.6 is 23.2 Å². The first kappa shape index (κ1) is 20.8. The van der Waals surface area contributed by atoms with Crippen molar-refractivity contribution >= 4 is 52.2 Å². The maximum Gasteiger partial charge on any atom is 0.260 e. The van der Waals surface area contributed by atoms with E-state index in [-0.39, 0.29) is 17.7 Å². The van der Waals surface area contributed by atoms with Crippen LogP contribution in [0.4, 0.5) is 17.2 Å². The Morgan fingerprint density at radius 3 is 2.75 bits per heavy atom. The fourth-order valence-electron chi connectivity index (χ4n) is 3.83. The summed E-state index contributed by atoms with van der Waals surface area (Å²) < 4.78 is 1.73. The van der Waals surface area contributed by atoms with Crippen LogP contribution < -0.4 is 15.5 Å². The second-order valence-corrected chi connectivity index (χ2v) is 8.97. The van der Waals surface area contributed by atoms with Gasteiger partial charge in [-0.15, -0.1) is 0 Å². The van der Waals surface area contributed by atoms with E-state index in [1.807, 2.05) is 19.2 Å². The van der Waals surface area contributed by atoms with Gasteiger partial charge in [0, 0.05) is 30.1 Å².